The molecule has 1 aromatic heterocycles. The second-order valence-corrected chi connectivity index (χ2v) is 8.39. The Morgan fingerprint density at radius 1 is 1.06 bits per heavy atom. The highest BCUT2D eigenvalue weighted by Gasteiger charge is 2.34. The summed E-state index contributed by atoms with van der Waals surface area (Å²) in [5.74, 6) is 0.973. The van der Waals surface area contributed by atoms with E-state index in [0.717, 1.165) is 11.3 Å². The van der Waals surface area contributed by atoms with Gasteiger partial charge in [0.15, 0.2) is 0 Å². The first-order chi connectivity index (χ1) is 15.8. The van der Waals surface area contributed by atoms with Crippen LogP contribution in [-0.2, 0) is 4.79 Å². The van der Waals surface area contributed by atoms with Gasteiger partial charge in [-0.3, -0.25) is 9.59 Å². The van der Waals surface area contributed by atoms with Crippen molar-refractivity contribution >= 4 is 17.9 Å². The van der Waals surface area contributed by atoms with Crippen LogP contribution in [0.3, 0.4) is 0 Å². The fourth-order valence-electron chi connectivity index (χ4n) is 3.78. The van der Waals surface area contributed by atoms with E-state index in [1.165, 1.54) is 12.3 Å². The number of methoxy groups -OCH3 is 1. The summed E-state index contributed by atoms with van der Waals surface area (Å²) in [7, 11) is 1.55. The lowest BCUT2D eigenvalue weighted by Crippen LogP contribution is -2.43. The van der Waals surface area contributed by atoms with Crippen molar-refractivity contribution in [3.8, 4) is 11.5 Å². The molecule has 2 aromatic carbocycles. The number of amides is 2. The van der Waals surface area contributed by atoms with Gasteiger partial charge in [0.25, 0.3) is 11.8 Å². The van der Waals surface area contributed by atoms with Crippen LogP contribution in [0.2, 0.25) is 0 Å². The Kier molecular flexibility index (Phi) is 6.22. The largest absolute Gasteiger partial charge is 0.497 e. The molecule has 3 aromatic rings. The number of nitrogens with one attached hydrogen (secondary N) is 2. The van der Waals surface area contributed by atoms with Gasteiger partial charge in [-0.25, -0.2) is 0 Å². The van der Waals surface area contributed by atoms with Crippen LogP contribution in [0.1, 0.15) is 48.0 Å². The molecule has 170 valence electrons. The SMILES string of the molecule is COc1ccc(C(=O)N/C(=C\c2ccco2)C(=O)N[C@@H]2CC(C)(C)Oc3ccccc32)cc1. The van der Waals surface area contributed by atoms with Crippen molar-refractivity contribution in [1.82, 2.24) is 10.6 Å². The molecule has 0 spiro atoms. The van der Waals surface area contributed by atoms with E-state index in [2.05, 4.69) is 10.6 Å². The number of hydrogen-bond acceptors (Lipinski definition) is 5. The molecule has 1 aliphatic heterocycles. The predicted molar refractivity (Wildman–Crippen MR) is 124 cm³/mol. The van der Waals surface area contributed by atoms with Gasteiger partial charge in [-0.05, 0) is 56.3 Å². The number of ether oxygens (including phenoxy) is 2. The molecule has 33 heavy (non-hydrogen) atoms. The van der Waals surface area contributed by atoms with E-state index in [4.69, 9.17) is 13.9 Å². The summed E-state index contributed by atoms with van der Waals surface area (Å²) >= 11 is 0. The molecule has 0 unspecified atom stereocenters. The summed E-state index contributed by atoms with van der Waals surface area (Å²) in [6.07, 6.45) is 3.59. The monoisotopic (exact) mass is 446 g/mol. The fraction of sp³-hybridized carbons (Fsp3) is 0.231. The summed E-state index contributed by atoms with van der Waals surface area (Å²) in [4.78, 5) is 26.2. The lowest BCUT2D eigenvalue weighted by atomic mass is 9.89. The molecular weight excluding hydrogens is 420 g/mol. The van der Waals surface area contributed by atoms with Crippen LogP contribution in [0.4, 0.5) is 0 Å². The maximum absolute atomic E-state index is 13.3. The van der Waals surface area contributed by atoms with Crippen molar-refractivity contribution in [1.29, 1.82) is 0 Å². The number of rotatable bonds is 6. The highest BCUT2D eigenvalue weighted by Crippen LogP contribution is 2.39. The number of fused-ring (bicyclic) bond motifs is 1. The molecule has 0 fully saturated rings. The number of furan rings is 1. The molecule has 2 heterocycles. The van der Waals surface area contributed by atoms with E-state index in [9.17, 15) is 9.59 Å². The van der Waals surface area contributed by atoms with Crippen LogP contribution < -0.4 is 20.1 Å². The standard InChI is InChI=1S/C26H26N2O5/c1-26(2)16-22(20-8-4-5-9-23(20)33-26)28-25(30)21(15-19-7-6-14-32-19)27-24(29)17-10-12-18(31-3)13-11-17/h4-15,22H,16H2,1-3H3,(H,27,29)(H,28,30)/b21-15-/t22-/m1/s1. The molecule has 1 atom stereocenters. The number of hydrogen-bond donors (Lipinski definition) is 2. The zero-order valence-electron chi connectivity index (χ0n) is 18.8. The van der Waals surface area contributed by atoms with E-state index < -0.39 is 17.4 Å². The lowest BCUT2D eigenvalue weighted by Gasteiger charge is -2.38. The third-order valence-electron chi connectivity index (χ3n) is 5.36. The summed E-state index contributed by atoms with van der Waals surface area (Å²) in [5.41, 5.74) is 0.909. The van der Waals surface area contributed by atoms with Crippen molar-refractivity contribution in [2.75, 3.05) is 7.11 Å². The molecule has 0 saturated heterocycles. The highest BCUT2D eigenvalue weighted by molar-refractivity contribution is 6.05. The third kappa shape index (κ3) is 5.26. The van der Waals surface area contributed by atoms with Crippen molar-refractivity contribution in [2.24, 2.45) is 0 Å². The number of benzene rings is 2. The Balaban J connectivity index is 1.58. The molecule has 2 amide bonds. The van der Waals surface area contributed by atoms with Gasteiger partial charge < -0.3 is 24.5 Å². The van der Waals surface area contributed by atoms with Crippen molar-refractivity contribution in [3.63, 3.8) is 0 Å². The zero-order valence-corrected chi connectivity index (χ0v) is 18.8. The van der Waals surface area contributed by atoms with Gasteiger partial charge in [0.05, 0.1) is 19.4 Å². The summed E-state index contributed by atoms with van der Waals surface area (Å²) < 4.78 is 16.6. The third-order valence-corrected chi connectivity index (χ3v) is 5.36. The van der Waals surface area contributed by atoms with Crippen LogP contribution in [-0.4, -0.2) is 24.5 Å². The van der Waals surface area contributed by atoms with Crippen LogP contribution in [0.5, 0.6) is 11.5 Å². The summed E-state index contributed by atoms with van der Waals surface area (Å²) in [6, 6.07) is 17.4. The van der Waals surface area contributed by atoms with E-state index in [1.54, 1.807) is 43.5 Å². The molecule has 0 saturated carbocycles. The minimum absolute atomic E-state index is 0.0764. The maximum atomic E-state index is 13.3. The summed E-state index contributed by atoms with van der Waals surface area (Å²) in [5, 5.41) is 5.78. The first-order valence-corrected chi connectivity index (χ1v) is 10.6. The quantitative estimate of drug-likeness (QED) is 0.545. The first kappa shape index (κ1) is 22.2. The van der Waals surface area contributed by atoms with E-state index in [-0.39, 0.29) is 11.7 Å². The van der Waals surface area contributed by atoms with Crippen LogP contribution in [0.25, 0.3) is 6.08 Å². The van der Waals surface area contributed by atoms with E-state index >= 15 is 0 Å². The van der Waals surface area contributed by atoms with Gasteiger partial charge in [0.1, 0.15) is 28.6 Å². The van der Waals surface area contributed by atoms with Crippen molar-refractivity contribution in [3.05, 3.63) is 89.5 Å². The first-order valence-electron chi connectivity index (χ1n) is 10.6. The summed E-state index contributed by atoms with van der Waals surface area (Å²) in [6.45, 7) is 3.96. The van der Waals surface area contributed by atoms with Crippen molar-refractivity contribution in [2.45, 2.75) is 31.9 Å². The zero-order chi connectivity index (χ0) is 23.4. The fourth-order valence-corrected chi connectivity index (χ4v) is 3.78. The van der Waals surface area contributed by atoms with Gasteiger partial charge in [-0.1, -0.05) is 18.2 Å². The smallest absolute Gasteiger partial charge is 0.268 e. The van der Waals surface area contributed by atoms with Gasteiger partial charge in [0, 0.05) is 23.6 Å². The van der Waals surface area contributed by atoms with Crippen molar-refractivity contribution < 1.29 is 23.5 Å². The molecule has 0 aliphatic carbocycles. The molecule has 1 aliphatic rings. The lowest BCUT2D eigenvalue weighted by molar-refractivity contribution is -0.119. The van der Waals surface area contributed by atoms with Gasteiger partial charge in [-0.2, -0.15) is 0 Å². The average molecular weight is 447 g/mol. The molecule has 7 heteroatoms. The van der Waals surface area contributed by atoms with Gasteiger partial charge in [0.2, 0.25) is 0 Å². The van der Waals surface area contributed by atoms with Gasteiger partial charge in [-0.15, -0.1) is 0 Å². The second kappa shape index (κ2) is 9.24. The van der Waals surface area contributed by atoms with Crippen LogP contribution >= 0.6 is 0 Å². The Morgan fingerprint density at radius 2 is 1.82 bits per heavy atom. The van der Waals surface area contributed by atoms with E-state index in [1.807, 2.05) is 38.1 Å². The molecule has 7 nitrogen and oxygen atoms in total. The molecule has 4 rings (SSSR count). The van der Waals surface area contributed by atoms with Crippen LogP contribution in [0.15, 0.2) is 77.0 Å². The number of carbonyl (C=O) groups is 2. The Morgan fingerprint density at radius 3 is 2.52 bits per heavy atom. The van der Waals surface area contributed by atoms with Gasteiger partial charge >= 0.3 is 0 Å². The Labute approximate surface area is 192 Å². The number of para-hydroxylation sites is 1. The minimum atomic E-state index is -0.455. The predicted octanol–water partition coefficient (Wildman–Crippen LogP) is 4.48. The highest BCUT2D eigenvalue weighted by atomic mass is 16.5. The average Bonchev–Trinajstić information content (AvgIpc) is 3.31. The maximum Gasteiger partial charge on any atom is 0.268 e. The Hall–Kier alpha value is -4.00. The second-order valence-electron chi connectivity index (χ2n) is 8.39. The van der Waals surface area contributed by atoms with E-state index in [0.29, 0.717) is 23.5 Å². The molecule has 0 bridgehead atoms. The normalized spacial score (nSPS) is 16.8. The van der Waals surface area contributed by atoms with Crippen LogP contribution in [0, 0.1) is 0 Å². The molecular formula is C26H26N2O5. The number of carbonyl (C=O) groups excluding carboxylic acids is 2. The Bertz CT molecular complexity index is 1160. The molecule has 2 N–H and O–H groups in total. The minimum Gasteiger partial charge on any atom is -0.497 e. The topological polar surface area (TPSA) is 89.8 Å². The molecule has 0 radical (unpaired) electrons.